The lowest BCUT2D eigenvalue weighted by Gasteiger charge is -2.07. The van der Waals surface area contributed by atoms with E-state index in [4.69, 9.17) is 0 Å². The van der Waals surface area contributed by atoms with Gasteiger partial charge in [0, 0.05) is 5.56 Å². The van der Waals surface area contributed by atoms with Crippen LogP contribution in [0.3, 0.4) is 0 Å². The Morgan fingerprint density at radius 1 is 1.42 bits per heavy atom. The highest BCUT2D eigenvalue weighted by atomic mass is 15.1. The standard InChI is InChI=1S/C10H12N2/c1-7(2)10-9-5-3-4-8(9)6-11-12-10/h3,5-7H,4H2,1-2H3. The van der Waals surface area contributed by atoms with E-state index < -0.39 is 0 Å². The second kappa shape index (κ2) is 2.70. The highest BCUT2D eigenvalue weighted by molar-refractivity contribution is 5.61. The molecule has 1 aliphatic carbocycles. The van der Waals surface area contributed by atoms with Crippen LogP contribution in [-0.4, -0.2) is 10.2 Å². The van der Waals surface area contributed by atoms with Gasteiger partial charge in [-0.1, -0.05) is 26.0 Å². The molecule has 0 amide bonds. The van der Waals surface area contributed by atoms with Gasteiger partial charge >= 0.3 is 0 Å². The van der Waals surface area contributed by atoms with Gasteiger partial charge in [-0.3, -0.25) is 0 Å². The molecule has 0 fully saturated rings. The van der Waals surface area contributed by atoms with Crippen LogP contribution in [0.4, 0.5) is 0 Å². The molecule has 0 saturated carbocycles. The molecule has 2 heteroatoms. The molecule has 0 saturated heterocycles. The van der Waals surface area contributed by atoms with Gasteiger partial charge in [0.15, 0.2) is 0 Å². The Morgan fingerprint density at radius 3 is 3.00 bits per heavy atom. The first-order valence-electron chi connectivity index (χ1n) is 4.30. The first-order valence-corrected chi connectivity index (χ1v) is 4.30. The minimum absolute atomic E-state index is 0.468. The van der Waals surface area contributed by atoms with Crippen LogP contribution in [-0.2, 0) is 6.42 Å². The third kappa shape index (κ3) is 1.04. The van der Waals surface area contributed by atoms with E-state index in [9.17, 15) is 0 Å². The molecule has 2 rings (SSSR count). The van der Waals surface area contributed by atoms with Crippen molar-refractivity contribution in [3.63, 3.8) is 0 Å². The smallest absolute Gasteiger partial charge is 0.0731 e. The van der Waals surface area contributed by atoms with Gasteiger partial charge < -0.3 is 0 Å². The molecule has 0 spiro atoms. The van der Waals surface area contributed by atoms with Crippen LogP contribution in [0.25, 0.3) is 6.08 Å². The van der Waals surface area contributed by atoms with E-state index in [-0.39, 0.29) is 0 Å². The summed E-state index contributed by atoms with van der Waals surface area (Å²) >= 11 is 0. The van der Waals surface area contributed by atoms with Crippen LogP contribution < -0.4 is 0 Å². The Kier molecular flexibility index (Phi) is 1.68. The zero-order valence-corrected chi connectivity index (χ0v) is 7.41. The lowest BCUT2D eigenvalue weighted by molar-refractivity contribution is 0.778. The molecule has 1 aromatic rings. The van der Waals surface area contributed by atoms with Crippen LogP contribution in [0, 0.1) is 0 Å². The third-order valence-electron chi connectivity index (χ3n) is 2.17. The monoisotopic (exact) mass is 160 g/mol. The Labute approximate surface area is 72.3 Å². The number of fused-ring (bicyclic) bond motifs is 1. The highest BCUT2D eigenvalue weighted by Gasteiger charge is 2.13. The number of hydrogen-bond acceptors (Lipinski definition) is 2. The second-order valence-corrected chi connectivity index (χ2v) is 3.43. The molecule has 0 radical (unpaired) electrons. The first kappa shape index (κ1) is 7.47. The van der Waals surface area contributed by atoms with E-state index in [0.717, 1.165) is 12.1 Å². The first-order chi connectivity index (χ1) is 5.79. The van der Waals surface area contributed by atoms with E-state index in [2.05, 4.69) is 36.2 Å². The number of hydrogen-bond donors (Lipinski definition) is 0. The van der Waals surface area contributed by atoms with Gasteiger partial charge in [-0.2, -0.15) is 10.2 Å². The zero-order valence-electron chi connectivity index (χ0n) is 7.41. The summed E-state index contributed by atoms with van der Waals surface area (Å²) in [4.78, 5) is 0. The van der Waals surface area contributed by atoms with Crippen LogP contribution in [0.1, 0.15) is 36.6 Å². The molecule has 12 heavy (non-hydrogen) atoms. The number of allylic oxidation sites excluding steroid dienone is 1. The summed E-state index contributed by atoms with van der Waals surface area (Å²) in [5.74, 6) is 0.468. The second-order valence-electron chi connectivity index (χ2n) is 3.43. The van der Waals surface area contributed by atoms with Crippen molar-refractivity contribution >= 4 is 6.08 Å². The van der Waals surface area contributed by atoms with Crippen molar-refractivity contribution in [1.29, 1.82) is 0 Å². The lowest BCUT2D eigenvalue weighted by atomic mass is 10.0. The normalized spacial score (nSPS) is 13.9. The topological polar surface area (TPSA) is 25.8 Å². The van der Waals surface area contributed by atoms with Crippen LogP contribution in [0.2, 0.25) is 0 Å². The molecular formula is C10H12N2. The van der Waals surface area contributed by atoms with Gasteiger partial charge in [0.1, 0.15) is 0 Å². The average Bonchev–Trinajstić information content (AvgIpc) is 2.49. The quantitative estimate of drug-likeness (QED) is 0.629. The van der Waals surface area contributed by atoms with E-state index in [1.165, 1.54) is 11.1 Å². The third-order valence-corrected chi connectivity index (χ3v) is 2.17. The molecule has 0 N–H and O–H groups in total. The number of rotatable bonds is 1. The van der Waals surface area contributed by atoms with Crippen LogP contribution in [0.5, 0.6) is 0 Å². The summed E-state index contributed by atoms with van der Waals surface area (Å²) < 4.78 is 0. The molecule has 2 nitrogen and oxygen atoms in total. The molecule has 0 aliphatic heterocycles. The summed E-state index contributed by atoms with van der Waals surface area (Å²) in [5.41, 5.74) is 3.73. The molecule has 1 heterocycles. The summed E-state index contributed by atoms with van der Waals surface area (Å²) in [7, 11) is 0. The van der Waals surface area contributed by atoms with Crippen molar-refractivity contribution in [2.24, 2.45) is 0 Å². The fourth-order valence-corrected chi connectivity index (χ4v) is 1.53. The lowest BCUT2D eigenvalue weighted by Crippen LogP contribution is -2.00. The molecule has 0 atom stereocenters. The average molecular weight is 160 g/mol. The van der Waals surface area contributed by atoms with Gasteiger partial charge in [0.2, 0.25) is 0 Å². The Bertz CT molecular complexity index is 327. The van der Waals surface area contributed by atoms with Crippen molar-refractivity contribution in [2.45, 2.75) is 26.2 Å². The van der Waals surface area contributed by atoms with E-state index in [1.807, 2.05) is 6.20 Å². The Hall–Kier alpha value is -1.18. The van der Waals surface area contributed by atoms with Gasteiger partial charge in [-0.05, 0) is 17.9 Å². The Balaban J connectivity index is 2.56. The van der Waals surface area contributed by atoms with E-state index in [1.54, 1.807) is 0 Å². The van der Waals surface area contributed by atoms with Gasteiger partial charge in [-0.15, -0.1) is 0 Å². The molecule has 0 aromatic carbocycles. The SMILES string of the molecule is CC(C)c1nncc2c1C=CC2. The summed E-state index contributed by atoms with van der Waals surface area (Å²) in [6, 6.07) is 0. The maximum atomic E-state index is 4.15. The van der Waals surface area contributed by atoms with Crippen molar-refractivity contribution in [1.82, 2.24) is 10.2 Å². The largest absolute Gasteiger partial charge is 0.159 e. The summed E-state index contributed by atoms with van der Waals surface area (Å²) in [6.07, 6.45) is 7.20. The molecular weight excluding hydrogens is 148 g/mol. The predicted molar refractivity (Wildman–Crippen MR) is 48.9 cm³/mol. The van der Waals surface area contributed by atoms with Gasteiger partial charge in [0.25, 0.3) is 0 Å². The van der Waals surface area contributed by atoms with Gasteiger partial charge in [0.05, 0.1) is 11.9 Å². The fourth-order valence-electron chi connectivity index (χ4n) is 1.53. The van der Waals surface area contributed by atoms with Crippen molar-refractivity contribution in [2.75, 3.05) is 0 Å². The van der Waals surface area contributed by atoms with Crippen molar-refractivity contribution in [3.8, 4) is 0 Å². The van der Waals surface area contributed by atoms with Crippen LogP contribution >= 0.6 is 0 Å². The van der Waals surface area contributed by atoms with Crippen LogP contribution in [0.15, 0.2) is 12.3 Å². The predicted octanol–water partition coefficient (Wildman–Crippen LogP) is 2.17. The molecule has 0 unspecified atom stereocenters. The maximum Gasteiger partial charge on any atom is 0.0731 e. The molecule has 0 bridgehead atoms. The molecule has 62 valence electrons. The minimum atomic E-state index is 0.468. The summed E-state index contributed by atoms with van der Waals surface area (Å²) in [5, 5.41) is 8.14. The minimum Gasteiger partial charge on any atom is -0.159 e. The van der Waals surface area contributed by atoms with Crippen molar-refractivity contribution < 1.29 is 0 Å². The Morgan fingerprint density at radius 2 is 2.25 bits per heavy atom. The zero-order chi connectivity index (χ0) is 8.55. The van der Waals surface area contributed by atoms with E-state index >= 15 is 0 Å². The number of nitrogens with zero attached hydrogens (tertiary/aromatic N) is 2. The molecule has 1 aromatic heterocycles. The van der Waals surface area contributed by atoms with Gasteiger partial charge in [-0.25, -0.2) is 0 Å². The fraction of sp³-hybridized carbons (Fsp3) is 0.400. The summed E-state index contributed by atoms with van der Waals surface area (Å²) in [6.45, 7) is 4.30. The maximum absolute atomic E-state index is 4.15. The number of aromatic nitrogens is 2. The highest BCUT2D eigenvalue weighted by Crippen LogP contribution is 2.25. The van der Waals surface area contributed by atoms with E-state index in [0.29, 0.717) is 5.92 Å². The van der Waals surface area contributed by atoms with Crippen molar-refractivity contribution in [3.05, 3.63) is 29.1 Å². The molecule has 1 aliphatic rings.